The predicted octanol–water partition coefficient (Wildman–Crippen LogP) is 3.96. The van der Waals surface area contributed by atoms with E-state index in [-0.39, 0.29) is 41.5 Å². The molecule has 1 unspecified atom stereocenters. The molecule has 5 rings (SSSR count). The molecule has 4 saturated heterocycles. The summed E-state index contributed by atoms with van der Waals surface area (Å²) in [5.74, 6) is 0.542. The van der Waals surface area contributed by atoms with Crippen LogP contribution in [0.2, 0.25) is 0 Å². The van der Waals surface area contributed by atoms with Gasteiger partial charge in [0.2, 0.25) is 0 Å². The van der Waals surface area contributed by atoms with E-state index in [9.17, 15) is 9.18 Å². The van der Waals surface area contributed by atoms with Gasteiger partial charge in [-0.3, -0.25) is 0 Å². The molecule has 4 heterocycles. The Bertz CT molecular complexity index is 801. The molecule has 1 aliphatic carbocycles. The quantitative estimate of drug-likeness (QED) is 0.376. The number of methoxy groups -OCH3 is 1. The summed E-state index contributed by atoms with van der Waals surface area (Å²) >= 11 is 0. The Kier molecular flexibility index (Phi) is 7.21. The molecule has 4 aliphatic heterocycles. The first-order chi connectivity index (χ1) is 16.7. The van der Waals surface area contributed by atoms with E-state index in [2.05, 4.69) is 31.7 Å². The molecule has 0 aromatic heterocycles. The third kappa shape index (κ3) is 5.27. The molecule has 0 aromatic rings. The number of alkyl halides is 1. The van der Waals surface area contributed by atoms with Crippen molar-refractivity contribution in [3.05, 3.63) is 11.6 Å². The van der Waals surface area contributed by atoms with Crippen molar-refractivity contribution in [2.45, 2.75) is 95.0 Å². The second kappa shape index (κ2) is 9.92. The fourth-order valence-corrected chi connectivity index (χ4v) is 6.67. The lowest BCUT2D eigenvalue weighted by Crippen LogP contribution is -2.57. The number of rotatable bonds is 8. The number of allylic oxidation sites excluding steroid dienone is 1. The largest absolute Gasteiger partial charge is 0.443 e. The van der Waals surface area contributed by atoms with E-state index in [1.54, 1.807) is 7.11 Å². The molecule has 7 nitrogen and oxygen atoms in total. The standard InChI is InChI=1S/C27H43FN2O5/c1-18(2)5-6-22-26(3,35-22)24-23(32-4)21(7-11-27(24)17-33-27)34-25(31)30-15-19(16-30)8-12-29-13-9-20(28)10-14-29/h5,19-24H,6-17H2,1-4H3/t21-,22-,23-,24?,26+,27+/m1/s1. The van der Waals surface area contributed by atoms with Crippen LogP contribution in [-0.2, 0) is 18.9 Å². The second-order valence-corrected chi connectivity index (χ2v) is 11.9. The Labute approximate surface area is 209 Å². The van der Waals surface area contributed by atoms with Crippen LogP contribution < -0.4 is 0 Å². The Hall–Kier alpha value is -1.22. The molecule has 6 atom stereocenters. The maximum Gasteiger partial charge on any atom is 0.410 e. The Morgan fingerprint density at radius 3 is 2.54 bits per heavy atom. The van der Waals surface area contributed by atoms with Crippen LogP contribution in [0.1, 0.15) is 59.3 Å². The highest BCUT2D eigenvalue weighted by molar-refractivity contribution is 5.69. The molecule has 0 bridgehead atoms. The van der Waals surface area contributed by atoms with Gasteiger partial charge in [-0.15, -0.1) is 0 Å². The molecule has 0 N–H and O–H groups in total. The van der Waals surface area contributed by atoms with Crippen LogP contribution in [0.25, 0.3) is 0 Å². The SMILES string of the molecule is CO[C@H]1C([C@@]2(C)O[C@@H]2CC=C(C)C)[C@]2(CC[C@H]1OC(=O)N1CC(CCN3CCC(F)CC3)C1)CO2. The van der Waals surface area contributed by atoms with E-state index in [1.165, 1.54) is 5.57 Å². The molecule has 0 radical (unpaired) electrons. The number of carbonyl (C=O) groups excluding carboxylic acids is 1. The molecular weight excluding hydrogens is 451 g/mol. The van der Waals surface area contributed by atoms with Crippen molar-refractivity contribution in [3.8, 4) is 0 Å². The van der Waals surface area contributed by atoms with Gasteiger partial charge in [-0.05, 0) is 71.8 Å². The zero-order valence-corrected chi connectivity index (χ0v) is 21.8. The fraction of sp³-hybridized carbons (Fsp3) is 0.889. The lowest BCUT2D eigenvalue weighted by atomic mass is 9.68. The van der Waals surface area contributed by atoms with Crippen molar-refractivity contribution in [1.29, 1.82) is 0 Å². The van der Waals surface area contributed by atoms with Crippen molar-refractivity contribution in [2.24, 2.45) is 11.8 Å². The van der Waals surface area contributed by atoms with Crippen molar-refractivity contribution >= 4 is 6.09 Å². The second-order valence-electron chi connectivity index (χ2n) is 11.9. The van der Waals surface area contributed by atoms with Crippen LogP contribution in [-0.4, -0.2) is 98.0 Å². The van der Waals surface area contributed by atoms with Gasteiger partial charge in [-0.2, -0.15) is 0 Å². The molecule has 0 aromatic carbocycles. The third-order valence-electron chi connectivity index (χ3n) is 9.08. The molecule has 8 heteroatoms. The van der Waals surface area contributed by atoms with Gasteiger partial charge in [-0.1, -0.05) is 11.6 Å². The number of hydrogen-bond acceptors (Lipinski definition) is 6. The van der Waals surface area contributed by atoms with Gasteiger partial charge in [0.25, 0.3) is 0 Å². The number of nitrogens with zero attached hydrogens (tertiary/aromatic N) is 2. The lowest BCUT2D eigenvalue weighted by Gasteiger charge is -2.45. The summed E-state index contributed by atoms with van der Waals surface area (Å²) < 4.78 is 37.6. The summed E-state index contributed by atoms with van der Waals surface area (Å²) in [6, 6.07) is 0. The summed E-state index contributed by atoms with van der Waals surface area (Å²) in [6.07, 6.45) is 5.81. The van der Waals surface area contributed by atoms with Crippen LogP contribution in [0.5, 0.6) is 0 Å². The first kappa shape index (κ1) is 25.4. The smallest absolute Gasteiger partial charge is 0.410 e. The summed E-state index contributed by atoms with van der Waals surface area (Å²) in [4.78, 5) is 17.1. The molecule has 35 heavy (non-hydrogen) atoms. The molecule has 1 saturated carbocycles. The van der Waals surface area contributed by atoms with Gasteiger partial charge in [0, 0.05) is 33.3 Å². The molecule has 1 spiro atoms. The van der Waals surface area contributed by atoms with Crippen molar-refractivity contribution in [1.82, 2.24) is 9.80 Å². The van der Waals surface area contributed by atoms with Crippen LogP contribution in [0, 0.1) is 11.8 Å². The van der Waals surface area contributed by atoms with E-state index in [0.717, 1.165) is 65.0 Å². The van der Waals surface area contributed by atoms with Gasteiger partial charge in [0.1, 0.15) is 29.6 Å². The van der Waals surface area contributed by atoms with Crippen molar-refractivity contribution in [3.63, 3.8) is 0 Å². The number of carbonyl (C=O) groups is 1. The minimum absolute atomic E-state index is 0.0414. The van der Waals surface area contributed by atoms with E-state index in [0.29, 0.717) is 18.8 Å². The number of hydrogen-bond donors (Lipinski definition) is 0. The number of halogens is 1. The maximum absolute atomic E-state index is 13.3. The van der Waals surface area contributed by atoms with Gasteiger partial charge in [0.05, 0.1) is 18.6 Å². The lowest BCUT2D eigenvalue weighted by molar-refractivity contribution is -0.124. The van der Waals surface area contributed by atoms with E-state index in [1.807, 2.05) is 4.90 Å². The summed E-state index contributed by atoms with van der Waals surface area (Å²) in [6.45, 7) is 11.3. The van der Waals surface area contributed by atoms with Gasteiger partial charge >= 0.3 is 6.09 Å². The number of amides is 1. The minimum atomic E-state index is -0.630. The normalized spacial score (nSPS) is 39.9. The Morgan fingerprint density at radius 2 is 1.91 bits per heavy atom. The van der Waals surface area contributed by atoms with Crippen LogP contribution in [0.15, 0.2) is 11.6 Å². The zero-order valence-electron chi connectivity index (χ0n) is 21.8. The number of piperidine rings is 1. The van der Waals surface area contributed by atoms with Crippen molar-refractivity contribution < 1.29 is 28.1 Å². The number of ether oxygens (including phenoxy) is 4. The van der Waals surface area contributed by atoms with Crippen LogP contribution in [0.3, 0.4) is 0 Å². The van der Waals surface area contributed by atoms with Crippen molar-refractivity contribution in [2.75, 3.05) is 46.4 Å². The third-order valence-corrected chi connectivity index (χ3v) is 9.08. The van der Waals surface area contributed by atoms with Gasteiger partial charge < -0.3 is 28.7 Å². The highest BCUT2D eigenvalue weighted by Gasteiger charge is 2.72. The molecule has 1 amide bonds. The summed E-state index contributed by atoms with van der Waals surface area (Å²) in [7, 11) is 1.71. The summed E-state index contributed by atoms with van der Waals surface area (Å²) in [5.41, 5.74) is 0.750. The fourth-order valence-electron chi connectivity index (χ4n) is 6.67. The molecule has 198 valence electrons. The number of likely N-dealkylation sites (tertiary alicyclic amines) is 2. The average molecular weight is 495 g/mol. The first-order valence-electron chi connectivity index (χ1n) is 13.5. The Morgan fingerprint density at radius 1 is 1.20 bits per heavy atom. The Balaban J connectivity index is 1.12. The van der Waals surface area contributed by atoms with Crippen LogP contribution in [0.4, 0.5) is 9.18 Å². The van der Waals surface area contributed by atoms with E-state index >= 15 is 0 Å². The summed E-state index contributed by atoms with van der Waals surface area (Å²) in [5, 5.41) is 0. The number of epoxide rings is 2. The van der Waals surface area contributed by atoms with Gasteiger partial charge in [0.15, 0.2) is 0 Å². The highest BCUT2D eigenvalue weighted by Crippen LogP contribution is 2.59. The minimum Gasteiger partial charge on any atom is -0.443 e. The van der Waals surface area contributed by atoms with Gasteiger partial charge in [-0.25, -0.2) is 9.18 Å². The average Bonchev–Trinajstić information content (AvgIpc) is 3.71. The van der Waals surface area contributed by atoms with Crippen LogP contribution >= 0.6 is 0 Å². The molecular formula is C27H43FN2O5. The monoisotopic (exact) mass is 494 g/mol. The zero-order chi connectivity index (χ0) is 24.8. The van der Waals surface area contributed by atoms with E-state index < -0.39 is 6.17 Å². The molecule has 5 aliphatic rings. The topological polar surface area (TPSA) is 67.1 Å². The first-order valence-corrected chi connectivity index (χ1v) is 13.5. The van der Waals surface area contributed by atoms with E-state index in [4.69, 9.17) is 18.9 Å². The maximum atomic E-state index is 13.3. The highest BCUT2D eigenvalue weighted by atomic mass is 19.1. The molecule has 5 fully saturated rings. The predicted molar refractivity (Wildman–Crippen MR) is 130 cm³/mol.